The molecule has 6 nitrogen and oxygen atoms in total. The number of nitrogens with zero attached hydrogens (tertiary/aromatic N) is 1. The van der Waals surface area contributed by atoms with Crippen LogP contribution in [0.2, 0.25) is 0 Å². The third kappa shape index (κ3) is 4.20. The number of rotatable bonds is 6. The lowest BCUT2D eigenvalue weighted by molar-refractivity contribution is -0.136. The predicted molar refractivity (Wildman–Crippen MR) is 125 cm³/mol. The molecule has 0 atom stereocenters. The van der Waals surface area contributed by atoms with E-state index in [0.717, 1.165) is 27.8 Å². The molecule has 1 amide bonds. The van der Waals surface area contributed by atoms with Crippen molar-refractivity contribution in [1.82, 2.24) is 10.4 Å². The number of nitrogens with one attached hydrogen (secondary N) is 1. The first-order valence-electron chi connectivity index (χ1n) is 11.0. The van der Waals surface area contributed by atoms with Crippen molar-refractivity contribution in [3.63, 3.8) is 0 Å². The van der Waals surface area contributed by atoms with Crippen LogP contribution in [0.5, 0.6) is 0 Å². The summed E-state index contributed by atoms with van der Waals surface area (Å²) in [5.41, 5.74) is 10.4. The second-order valence-electron chi connectivity index (χ2n) is 8.27. The third-order valence-corrected chi connectivity index (χ3v) is 6.20. The monoisotopic (exact) mass is 440 g/mol. The number of hydrogen-bond donors (Lipinski definition) is 2. The number of aliphatic carboxylic acids is 1. The van der Waals surface area contributed by atoms with Gasteiger partial charge in [0.05, 0.1) is 6.54 Å². The lowest BCUT2D eigenvalue weighted by Gasteiger charge is -2.29. The summed E-state index contributed by atoms with van der Waals surface area (Å²) in [6, 6.07) is 24.3. The van der Waals surface area contributed by atoms with Gasteiger partial charge in [-0.15, -0.1) is 0 Å². The minimum Gasteiger partial charge on any atom is -0.481 e. The summed E-state index contributed by atoms with van der Waals surface area (Å²) in [5, 5.41) is 10.8. The van der Waals surface area contributed by atoms with Crippen molar-refractivity contribution in [3.05, 3.63) is 101 Å². The lowest BCUT2D eigenvalue weighted by atomic mass is 9.94. The minimum absolute atomic E-state index is 0.00750. The van der Waals surface area contributed by atoms with E-state index in [2.05, 4.69) is 29.7 Å². The number of carbonyl (C=O) groups excluding carboxylic acids is 1. The molecular weight excluding hydrogens is 416 g/mol. The average molecular weight is 440 g/mol. The maximum Gasteiger partial charge on any atom is 0.426 e. The number of ether oxygens (including phenoxy) is 1. The molecule has 0 saturated heterocycles. The number of benzene rings is 3. The summed E-state index contributed by atoms with van der Waals surface area (Å²) in [4.78, 5) is 23.7. The van der Waals surface area contributed by atoms with E-state index in [1.54, 1.807) is 11.2 Å². The van der Waals surface area contributed by atoms with Gasteiger partial charge in [-0.2, -0.15) is 0 Å². The summed E-state index contributed by atoms with van der Waals surface area (Å²) in [5.74, 6) is -0.859. The molecule has 1 aliphatic heterocycles. The molecule has 166 valence electrons. The van der Waals surface area contributed by atoms with Crippen molar-refractivity contribution in [2.45, 2.75) is 25.3 Å². The molecule has 0 saturated carbocycles. The number of carboxylic acids is 1. The second kappa shape index (κ2) is 8.82. The first-order valence-corrected chi connectivity index (χ1v) is 11.0. The van der Waals surface area contributed by atoms with E-state index in [4.69, 9.17) is 9.84 Å². The Bertz CT molecular complexity index is 1200. The molecule has 2 aliphatic rings. The van der Waals surface area contributed by atoms with Crippen molar-refractivity contribution < 1.29 is 19.4 Å². The van der Waals surface area contributed by atoms with Gasteiger partial charge >= 0.3 is 12.1 Å². The van der Waals surface area contributed by atoms with Gasteiger partial charge in [0.2, 0.25) is 0 Å². The summed E-state index contributed by atoms with van der Waals surface area (Å²) in [6.45, 7) is 0.719. The van der Waals surface area contributed by atoms with Gasteiger partial charge in [-0.25, -0.2) is 10.2 Å². The van der Waals surface area contributed by atoms with Crippen molar-refractivity contribution in [2.24, 2.45) is 0 Å². The van der Waals surface area contributed by atoms with E-state index in [0.29, 0.717) is 13.0 Å². The van der Waals surface area contributed by atoms with Gasteiger partial charge in [-0.3, -0.25) is 9.80 Å². The minimum atomic E-state index is -0.852. The number of allylic oxidation sites excluding steroid dienone is 1. The van der Waals surface area contributed by atoms with Crippen LogP contribution in [0.3, 0.4) is 0 Å². The number of fused-ring (bicyclic) bond motifs is 4. The molecular formula is C27H24N2O4. The predicted octanol–water partition coefficient (Wildman–Crippen LogP) is 5.16. The Hall–Kier alpha value is -4.06. The Balaban J connectivity index is 1.28. The van der Waals surface area contributed by atoms with Gasteiger partial charge in [-0.1, -0.05) is 72.8 Å². The van der Waals surface area contributed by atoms with E-state index in [1.165, 1.54) is 11.1 Å². The summed E-state index contributed by atoms with van der Waals surface area (Å²) in [7, 11) is 0. The number of carboxylic acid groups (broad SMARTS) is 1. The van der Waals surface area contributed by atoms with Crippen LogP contribution in [0.15, 0.2) is 79.0 Å². The molecule has 5 rings (SSSR count). The zero-order valence-corrected chi connectivity index (χ0v) is 18.0. The highest BCUT2D eigenvalue weighted by Gasteiger charge is 2.29. The molecule has 0 fully saturated rings. The highest BCUT2D eigenvalue weighted by atomic mass is 16.6. The molecule has 3 aromatic rings. The Morgan fingerprint density at radius 3 is 2.18 bits per heavy atom. The molecule has 0 bridgehead atoms. The maximum atomic E-state index is 12.7. The SMILES string of the molecule is O=C(O)CCC1=CN(NC(=O)OCC2c3ccccc3-c3ccccc32)Cc2ccccc21. The molecule has 1 aliphatic carbocycles. The molecule has 6 heteroatoms. The van der Waals surface area contributed by atoms with E-state index in [1.807, 2.05) is 48.5 Å². The van der Waals surface area contributed by atoms with Gasteiger partial charge < -0.3 is 9.84 Å². The normalized spacial score (nSPS) is 14.1. The fourth-order valence-corrected chi connectivity index (χ4v) is 4.72. The summed E-state index contributed by atoms with van der Waals surface area (Å²) < 4.78 is 5.65. The largest absolute Gasteiger partial charge is 0.481 e. The van der Waals surface area contributed by atoms with Crippen LogP contribution in [0.4, 0.5) is 4.79 Å². The second-order valence-corrected chi connectivity index (χ2v) is 8.27. The van der Waals surface area contributed by atoms with E-state index < -0.39 is 12.1 Å². The fraction of sp³-hybridized carbons (Fsp3) is 0.185. The summed E-state index contributed by atoms with van der Waals surface area (Å²) in [6.07, 6.45) is 1.67. The molecule has 0 radical (unpaired) electrons. The molecule has 0 spiro atoms. The van der Waals surface area contributed by atoms with Crippen molar-refractivity contribution in [2.75, 3.05) is 6.61 Å². The standard InChI is InChI=1S/C27H24N2O4/c30-26(31)14-13-19-16-29(15-18-7-1-2-8-20(18)19)28-27(32)33-17-25-23-11-5-3-9-21(23)22-10-4-6-12-24(22)25/h1-12,16,25H,13-15,17H2,(H,28,32)(H,30,31). The zero-order valence-electron chi connectivity index (χ0n) is 18.0. The highest BCUT2D eigenvalue weighted by molar-refractivity contribution is 5.79. The van der Waals surface area contributed by atoms with Crippen LogP contribution in [-0.4, -0.2) is 28.8 Å². The quantitative estimate of drug-likeness (QED) is 0.553. The van der Waals surface area contributed by atoms with Crippen LogP contribution in [-0.2, 0) is 16.1 Å². The zero-order chi connectivity index (χ0) is 22.8. The molecule has 3 aromatic carbocycles. The van der Waals surface area contributed by atoms with Crippen LogP contribution >= 0.6 is 0 Å². The molecule has 1 heterocycles. The van der Waals surface area contributed by atoms with Gasteiger partial charge in [0.25, 0.3) is 0 Å². The first kappa shape index (κ1) is 20.8. The van der Waals surface area contributed by atoms with Gasteiger partial charge in [-0.05, 0) is 45.4 Å². The smallest absolute Gasteiger partial charge is 0.426 e. The van der Waals surface area contributed by atoms with Crippen molar-refractivity contribution in [3.8, 4) is 11.1 Å². The van der Waals surface area contributed by atoms with Crippen LogP contribution in [0.25, 0.3) is 16.7 Å². The van der Waals surface area contributed by atoms with Crippen molar-refractivity contribution >= 4 is 17.6 Å². The molecule has 0 aromatic heterocycles. The summed E-state index contributed by atoms with van der Waals surface area (Å²) >= 11 is 0. The Kier molecular flexibility index (Phi) is 5.57. The fourth-order valence-electron chi connectivity index (χ4n) is 4.72. The average Bonchev–Trinajstić information content (AvgIpc) is 3.15. The van der Waals surface area contributed by atoms with Crippen LogP contribution in [0.1, 0.15) is 41.0 Å². The Morgan fingerprint density at radius 1 is 0.909 bits per heavy atom. The van der Waals surface area contributed by atoms with Crippen LogP contribution in [0, 0.1) is 0 Å². The molecule has 33 heavy (non-hydrogen) atoms. The number of amides is 1. The Morgan fingerprint density at radius 2 is 1.52 bits per heavy atom. The number of hydrazine groups is 1. The number of carbonyl (C=O) groups is 2. The Labute approximate surface area is 192 Å². The van der Waals surface area contributed by atoms with E-state index in [-0.39, 0.29) is 18.9 Å². The van der Waals surface area contributed by atoms with Crippen LogP contribution < -0.4 is 5.43 Å². The van der Waals surface area contributed by atoms with Gasteiger partial charge in [0, 0.05) is 18.5 Å². The lowest BCUT2D eigenvalue weighted by Crippen LogP contribution is -2.40. The maximum absolute atomic E-state index is 12.7. The topological polar surface area (TPSA) is 78.9 Å². The van der Waals surface area contributed by atoms with E-state index in [9.17, 15) is 9.59 Å². The van der Waals surface area contributed by atoms with Crippen molar-refractivity contribution in [1.29, 1.82) is 0 Å². The highest BCUT2D eigenvalue weighted by Crippen LogP contribution is 2.44. The number of hydrogen-bond acceptors (Lipinski definition) is 4. The first-order chi connectivity index (χ1) is 16.1. The van der Waals surface area contributed by atoms with Gasteiger partial charge in [0.1, 0.15) is 6.61 Å². The molecule has 2 N–H and O–H groups in total. The molecule has 0 unspecified atom stereocenters. The van der Waals surface area contributed by atoms with Gasteiger partial charge in [0.15, 0.2) is 0 Å². The van der Waals surface area contributed by atoms with E-state index >= 15 is 0 Å². The third-order valence-electron chi connectivity index (χ3n) is 6.20.